The van der Waals surface area contributed by atoms with Gasteiger partial charge in [-0.2, -0.15) is 0 Å². The molecular formula is C17H19N5O. The second-order valence-electron chi connectivity index (χ2n) is 5.99. The van der Waals surface area contributed by atoms with E-state index in [9.17, 15) is 0 Å². The topological polar surface area (TPSA) is 78.9 Å². The van der Waals surface area contributed by atoms with Gasteiger partial charge >= 0.3 is 0 Å². The third kappa shape index (κ3) is 2.66. The van der Waals surface area contributed by atoms with Gasteiger partial charge in [0.15, 0.2) is 11.5 Å². The Kier molecular flexibility index (Phi) is 3.67. The fourth-order valence-corrected chi connectivity index (χ4v) is 3.13. The molecule has 118 valence electrons. The Morgan fingerprint density at radius 3 is 2.78 bits per heavy atom. The van der Waals surface area contributed by atoms with Crippen molar-refractivity contribution < 1.29 is 4.74 Å². The second kappa shape index (κ2) is 5.96. The zero-order valence-electron chi connectivity index (χ0n) is 12.8. The van der Waals surface area contributed by atoms with Crippen molar-refractivity contribution in [2.75, 3.05) is 12.3 Å². The summed E-state index contributed by atoms with van der Waals surface area (Å²) in [7, 11) is 0. The summed E-state index contributed by atoms with van der Waals surface area (Å²) in [4.78, 5) is 12.7. The fourth-order valence-electron chi connectivity index (χ4n) is 3.13. The average molecular weight is 309 g/mol. The molecule has 0 spiro atoms. The molecule has 0 unspecified atom stereocenters. The zero-order valence-corrected chi connectivity index (χ0v) is 12.8. The molecule has 2 atom stereocenters. The number of nitrogens with two attached hydrogens (primary N) is 1. The molecule has 0 radical (unpaired) electrons. The summed E-state index contributed by atoms with van der Waals surface area (Å²) < 4.78 is 8.01. The molecule has 23 heavy (non-hydrogen) atoms. The Morgan fingerprint density at radius 1 is 1.13 bits per heavy atom. The predicted octanol–water partition coefficient (Wildman–Crippen LogP) is 2.58. The standard InChI is InChI=1S/C17H19N5O/c18-16-15-17(20-10-19-16)22(11-21-15)14-7-6-13(14)9-23-8-12-4-2-1-3-5-12/h1-5,10-11,13-14H,6-9H2,(H2,18,19,20)/t13-,14-/m0/s1. The van der Waals surface area contributed by atoms with Gasteiger partial charge in [-0.15, -0.1) is 0 Å². The summed E-state index contributed by atoms with van der Waals surface area (Å²) >= 11 is 0. The summed E-state index contributed by atoms with van der Waals surface area (Å²) in [5, 5.41) is 0. The SMILES string of the molecule is Nc1ncnc2c1ncn2[C@H]1CC[C@H]1COCc1ccccc1. The minimum atomic E-state index is 0.380. The molecule has 2 N–H and O–H groups in total. The number of fused-ring (bicyclic) bond motifs is 1. The smallest absolute Gasteiger partial charge is 0.165 e. The lowest BCUT2D eigenvalue weighted by Gasteiger charge is -2.37. The molecule has 1 aliphatic rings. The van der Waals surface area contributed by atoms with E-state index in [1.807, 2.05) is 24.5 Å². The first kappa shape index (κ1) is 14.1. The van der Waals surface area contributed by atoms with Crippen LogP contribution in [-0.2, 0) is 11.3 Å². The highest BCUT2D eigenvalue weighted by molar-refractivity contribution is 5.81. The highest BCUT2D eigenvalue weighted by atomic mass is 16.5. The number of aromatic nitrogens is 4. The summed E-state index contributed by atoms with van der Waals surface area (Å²) in [5.74, 6) is 0.928. The van der Waals surface area contributed by atoms with Crippen LogP contribution in [0.3, 0.4) is 0 Å². The van der Waals surface area contributed by atoms with Gasteiger partial charge in [0.2, 0.25) is 0 Å². The third-order valence-electron chi connectivity index (χ3n) is 4.57. The molecule has 0 aliphatic heterocycles. The fraction of sp³-hybridized carbons (Fsp3) is 0.353. The van der Waals surface area contributed by atoms with E-state index in [2.05, 4.69) is 31.7 Å². The van der Waals surface area contributed by atoms with Crippen LogP contribution in [0.1, 0.15) is 24.4 Å². The molecule has 0 saturated heterocycles. The Labute approximate surface area is 134 Å². The molecule has 0 amide bonds. The first-order valence-electron chi connectivity index (χ1n) is 7.87. The number of imidazole rings is 1. The van der Waals surface area contributed by atoms with Crippen molar-refractivity contribution in [2.24, 2.45) is 5.92 Å². The molecule has 1 aliphatic carbocycles. The minimum absolute atomic E-state index is 0.380. The summed E-state index contributed by atoms with van der Waals surface area (Å²) in [6.07, 6.45) is 5.60. The van der Waals surface area contributed by atoms with Crippen molar-refractivity contribution in [1.82, 2.24) is 19.5 Å². The van der Waals surface area contributed by atoms with Crippen LogP contribution in [0.4, 0.5) is 5.82 Å². The summed E-state index contributed by atoms with van der Waals surface area (Å²) in [5.41, 5.74) is 8.56. The molecule has 1 saturated carbocycles. The maximum absolute atomic E-state index is 5.90. The van der Waals surface area contributed by atoms with Crippen molar-refractivity contribution in [1.29, 1.82) is 0 Å². The maximum atomic E-state index is 5.90. The highest BCUT2D eigenvalue weighted by Gasteiger charge is 2.33. The Hall–Kier alpha value is -2.47. The lowest BCUT2D eigenvalue weighted by atomic mass is 9.80. The number of nitrogens with zero attached hydrogens (tertiary/aromatic N) is 4. The number of ether oxygens (including phenoxy) is 1. The summed E-state index contributed by atoms with van der Waals surface area (Å²) in [6.45, 7) is 1.41. The highest BCUT2D eigenvalue weighted by Crippen LogP contribution is 2.40. The van der Waals surface area contributed by atoms with Gasteiger partial charge in [0.25, 0.3) is 0 Å². The number of nitrogen functional groups attached to an aromatic ring is 1. The van der Waals surface area contributed by atoms with Gasteiger partial charge in [0.1, 0.15) is 11.8 Å². The van der Waals surface area contributed by atoms with E-state index >= 15 is 0 Å². The number of hydrogen-bond acceptors (Lipinski definition) is 5. The van der Waals surface area contributed by atoms with Crippen molar-refractivity contribution in [3.63, 3.8) is 0 Å². The zero-order chi connectivity index (χ0) is 15.6. The van der Waals surface area contributed by atoms with Gasteiger partial charge in [-0.1, -0.05) is 30.3 Å². The Morgan fingerprint density at radius 2 is 2.00 bits per heavy atom. The van der Waals surface area contributed by atoms with Gasteiger partial charge in [-0.25, -0.2) is 15.0 Å². The quantitative estimate of drug-likeness (QED) is 0.783. The average Bonchev–Trinajstić information content (AvgIpc) is 2.97. The first-order valence-corrected chi connectivity index (χ1v) is 7.87. The monoisotopic (exact) mass is 309 g/mol. The van der Waals surface area contributed by atoms with Crippen LogP contribution in [0.15, 0.2) is 43.0 Å². The van der Waals surface area contributed by atoms with Gasteiger partial charge < -0.3 is 15.0 Å². The molecule has 4 rings (SSSR count). The van der Waals surface area contributed by atoms with Crippen LogP contribution < -0.4 is 5.73 Å². The van der Waals surface area contributed by atoms with E-state index in [4.69, 9.17) is 10.5 Å². The third-order valence-corrected chi connectivity index (χ3v) is 4.57. The van der Waals surface area contributed by atoms with E-state index in [0.717, 1.165) is 18.7 Å². The molecule has 3 aromatic rings. The van der Waals surface area contributed by atoms with Crippen LogP contribution in [0, 0.1) is 5.92 Å². The maximum Gasteiger partial charge on any atom is 0.165 e. The van der Waals surface area contributed by atoms with Gasteiger partial charge in [0, 0.05) is 12.0 Å². The molecular weight excluding hydrogens is 290 g/mol. The minimum Gasteiger partial charge on any atom is -0.382 e. The molecule has 6 nitrogen and oxygen atoms in total. The lowest BCUT2D eigenvalue weighted by Crippen LogP contribution is -2.32. The van der Waals surface area contributed by atoms with E-state index in [1.54, 1.807) is 0 Å². The molecule has 0 bridgehead atoms. The van der Waals surface area contributed by atoms with Gasteiger partial charge in [0.05, 0.1) is 19.5 Å². The van der Waals surface area contributed by atoms with Crippen molar-refractivity contribution in [3.05, 3.63) is 48.5 Å². The molecule has 6 heteroatoms. The van der Waals surface area contributed by atoms with E-state index in [1.165, 1.54) is 18.3 Å². The van der Waals surface area contributed by atoms with Crippen LogP contribution in [0.2, 0.25) is 0 Å². The summed E-state index contributed by atoms with van der Waals surface area (Å²) in [6, 6.07) is 10.6. The predicted molar refractivity (Wildman–Crippen MR) is 87.6 cm³/mol. The van der Waals surface area contributed by atoms with Crippen LogP contribution >= 0.6 is 0 Å². The number of anilines is 1. The normalized spacial score (nSPS) is 20.5. The molecule has 2 aromatic heterocycles. The van der Waals surface area contributed by atoms with E-state index < -0.39 is 0 Å². The van der Waals surface area contributed by atoms with Gasteiger partial charge in [-0.05, 0) is 18.4 Å². The molecule has 1 aromatic carbocycles. The largest absolute Gasteiger partial charge is 0.382 e. The van der Waals surface area contributed by atoms with E-state index in [0.29, 0.717) is 29.9 Å². The van der Waals surface area contributed by atoms with Crippen LogP contribution in [0.5, 0.6) is 0 Å². The van der Waals surface area contributed by atoms with Crippen molar-refractivity contribution in [3.8, 4) is 0 Å². The second-order valence-corrected chi connectivity index (χ2v) is 5.99. The van der Waals surface area contributed by atoms with Crippen molar-refractivity contribution >= 4 is 17.0 Å². The molecule has 2 heterocycles. The number of hydrogen-bond donors (Lipinski definition) is 1. The lowest BCUT2D eigenvalue weighted by molar-refractivity contribution is 0.0290. The molecule has 1 fully saturated rings. The number of benzene rings is 1. The number of rotatable bonds is 5. The Balaban J connectivity index is 1.42. The van der Waals surface area contributed by atoms with Crippen LogP contribution in [0.25, 0.3) is 11.2 Å². The van der Waals surface area contributed by atoms with E-state index in [-0.39, 0.29) is 0 Å². The van der Waals surface area contributed by atoms with Crippen molar-refractivity contribution in [2.45, 2.75) is 25.5 Å². The first-order chi connectivity index (χ1) is 11.3. The van der Waals surface area contributed by atoms with Crippen LogP contribution in [-0.4, -0.2) is 26.1 Å². The Bertz CT molecular complexity index is 801. The van der Waals surface area contributed by atoms with Gasteiger partial charge in [-0.3, -0.25) is 0 Å².